The van der Waals surface area contributed by atoms with Crippen LogP contribution in [0.15, 0.2) is 16.6 Å². The van der Waals surface area contributed by atoms with E-state index in [1.54, 1.807) is 0 Å². The molecule has 1 saturated carbocycles. The Morgan fingerprint density at radius 3 is 2.67 bits per heavy atom. The minimum Gasteiger partial charge on any atom is -0.380 e. The van der Waals surface area contributed by atoms with E-state index in [1.807, 2.05) is 0 Å². The molecule has 2 rings (SSSR count). The second-order valence-electron chi connectivity index (χ2n) is 4.95. The summed E-state index contributed by atoms with van der Waals surface area (Å²) in [6.45, 7) is 2.17. The lowest BCUT2D eigenvalue weighted by molar-refractivity contribution is 0.316. The molecule has 1 aliphatic rings. The summed E-state index contributed by atoms with van der Waals surface area (Å²) in [6.07, 6.45) is 5.79. The highest BCUT2D eigenvalue weighted by Gasteiger charge is 2.24. The predicted molar refractivity (Wildman–Crippen MR) is 73.7 cm³/mol. The molecular formula is C14H18BrF2N. The van der Waals surface area contributed by atoms with Gasteiger partial charge in [-0.15, -0.1) is 0 Å². The smallest absolute Gasteiger partial charge is 0.149 e. The second-order valence-corrected chi connectivity index (χ2v) is 5.80. The van der Waals surface area contributed by atoms with E-state index in [0.717, 1.165) is 18.9 Å². The summed E-state index contributed by atoms with van der Waals surface area (Å²) in [5, 5.41) is 3.25. The van der Waals surface area contributed by atoms with Crippen LogP contribution in [0.5, 0.6) is 0 Å². The lowest BCUT2D eigenvalue weighted by Crippen LogP contribution is -2.32. The van der Waals surface area contributed by atoms with E-state index in [-0.39, 0.29) is 0 Å². The van der Waals surface area contributed by atoms with Crippen LogP contribution >= 0.6 is 15.9 Å². The first kappa shape index (κ1) is 13.8. The molecule has 0 saturated heterocycles. The van der Waals surface area contributed by atoms with Crippen LogP contribution in [0, 0.1) is 17.6 Å². The molecule has 0 amide bonds. The monoisotopic (exact) mass is 317 g/mol. The van der Waals surface area contributed by atoms with Gasteiger partial charge in [-0.3, -0.25) is 0 Å². The van der Waals surface area contributed by atoms with Crippen LogP contribution in [-0.2, 0) is 0 Å². The Kier molecular flexibility index (Phi) is 4.60. The number of hydrogen-bond donors (Lipinski definition) is 1. The molecule has 1 nitrogen and oxygen atoms in total. The van der Waals surface area contributed by atoms with Crippen molar-refractivity contribution in [1.29, 1.82) is 0 Å². The maximum Gasteiger partial charge on any atom is 0.149 e. The third kappa shape index (κ3) is 3.02. The van der Waals surface area contributed by atoms with Gasteiger partial charge in [0.25, 0.3) is 0 Å². The van der Waals surface area contributed by atoms with Gasteiger partial charge in [-0.25, -0.2) is 8.78 Å². The normalized spacial score (nSPS) is 24.0. The van der Waals surface area contributed by atoms with E-state index in [2.05, 4.69) is 28.2 Å². The van der Waals surface area contributed by atoms with Crippen molar-refractivity contribution < 1.29 is 8.78 Å². The molecule has 0 bridgehead atoms. The first-order chi connectivity index (χ1) is 8.61. The lowest BCUT2D eigenvalue weighted by atomic mass is 9.83. The van der Waals surface area contributed by atoms with E-state index in [4.69, 9.17) is 0 Å². The van der Waals surface area contributed by atoms with Crippen molar-refractivity contribution in [2.75, 3.05) is 5.32 Å². The van der Waals surface area contributed by atoms with Crippen LogP contribution in [0.1, 0.15) is 39.0 Å². The average molecular weight is 318 g/mol. The van der Waals surface area contributed by atoms with Gasteiger partial charge in [-0.05, 0) is 40.8 Å². The molecular weight excluding hydrogens is 300 g/mol. The number of halogens is 3. The van der Waals surface area contributed by atoms with Crippen molar-refractivity contribution in [2.45, 2.75) is 45.1 Å². The zero-order valence-corrected chi connectivity index (χ0v) is 12.1. The quantitative estimate of drug-likeness (QED) is 0.764. The van der Waals surface area contributed by atoms with Gasteiger partial charge < -0.3 is 5.32 Å². The van der Waals surface area contributed by atoms with Gasteiger partial charge in [0.05, 0.1) is 10.2 Å². The molecule has 1 aromatic rings. The van der Waals surface area contributed by atoms with Crippen LogP contribution < -0.4 is 5.32 Å². The van der Waals surface area contributed by atoms with Gasteiger partial charge in [0, 0.05) is 12.1 Å². The summed E-state index contributed by atoms with van der Waals surface area (Å²) in [6, 6.07) is 2.72. The Morgan fingerprint density at radius 2 is 1.94 bits per heavy atom. The number of nitrogens with one attached hydrogen (secondary N) is 1. The summed E-state index contributed by atoms with van der Waals surface area (Å²) >= 11 is 3.10. The van der Waals surface area contributed by atoms with E-state index < -0.39 is 11.6 Å². The Labute approximate surface area is 115 Å². The van der Waals surface area contributed by atoms with Crippen molar-refractivity contribution in [3.8, 4) is 0 Å². The van der Waals surface area contributed by atoms with Gasteiger partial charge in [-0.1, -0.05) is 26.2 Å². The Hall–Kier alpha value is -0.640. The topological polar surface area (TPSA) is 12.0 Å². The minimum absolute atomic E-state index is 0.301. The van der Waals surface area contributed by atoms with Crippen LogP contribution in [0.4, 0.5) is 14.5 Å². The number of rotatable bonds is 3. The maximum atomic E-state index is 13.7. The standard InChI is InChI=1S/C14H18BrF2N/c1-2-9-5-3-4-6-13(9)18-14-7-10(15)11(16)8-12(14)17/h7-9,13,18H,2-6H2,1H3. The van der Waals surface area contributed by atoms with E-state index in [9.17, 15) is 8.78 Å². The molecule has 2 atom stereocenters. The Morgan fingerprint density at radius 1 is 1.22 bits per heavy atom. The molecule has 100 valence electrons. The molecule has 0 spiro atoms. The van der Waals surface area contributed by atoms with Crippen molar-refractivity contribution in [1.82, 2.24) is 0 Å². The van der Waals surface area contributed by atoms with Crippen LogP contribution in [0.2, 0.25) is 0 Å². The fourth-order valence-electron chi connectivity index (χ4n) is 2.72. The number of hydrogen-bond acceptors (Lipinski definition) is 1. The zero-order chi connectivity index (χ0) is 13.1. The highest BCUT2D eigenvalue weighted by atomic mass is 79.9. The lowest BCUT2D eigenvalue weighted by Gasteiger charge is -2.32. The maximum absolute atomic E-state index is 13.7. The van der Waals surface area contributed by atoms with E-state index in [1.165, 1.54) is 25.3 Å². The summed E-state index contributed by atoms with van der Waals surface area (Å²) < 4.78 is 27.2. The fraction of sp³-hybridized carbons (Fsp3) is 0.571. The van der Waals surface area contributed by atoms with Crippen LogP contribution in [0.25, 0.3) is 0 Å². The average Bonchev–Trinajstić information content (AvgIpc) is 2.36. The van der Waals surface area contributed by atoms with Crippen LogP contribution in [-0.4, -0.2) is 6.04 Å². The molecule has 0 radical (unpaired) electrons. The molecule has 4 heteroatoms. The highest BCUT2D eigenvalue weighted by molar-refractivity contribution is 9.10. The fourth-order valence-corrected chi connectivity index (χ4v) is 3.06. The molecule has 1 fully saturated rings. The molecule has 1 aromatic carbocycles. The zero-order valence-electron chi connectivity index (χ0n) is 10.5. The summed E-state index contributed by atoms with van der Waals surface area (Å²) in [5.41, 5.74) is 0.397. The van der Waals surface area contributed by atoms with Gasteiger partial charge in [0.15, 0.2) is 0 Å². The summed E-state index contributed by atoms with van der Waals surface area (Å²) in [7, 11) is 0. The van der Waals surface area contributed by atoms with E-state index in [0.29, 0.717) is 22.1 Å². The molecule has 0 aliphatic heterocycles. The molecule has 1 N–H and O–H groups in total. The molecule has 18 heavy (non-hydrogen) atoms. The van der Waals surface area contributed by atoms with Gasteiger partial charge in [0.2, 0.25) is 0 Å². The second kappa shape index (κ2) is 6.00. The first-order valence-electron chi connectivity index (χ1n) is 6.53. The van der Waals surface area contributed by atoms with Crippen molar-refractivity contribution in [2.24, 2.45) is 5.92 Å². The van der Waals surface area contributed by atoms with Crippen molar-refractivity contribution in [3.63, 3.8) is 0 Å². The molecule has 2 unspecified atom stereocenters. The third-order valence-electron chi connectivity index (χ3n) is 3.78. The van der Waals surface area contributed by atoms with Crippen LogP contribution in [0.3, 0.4) is 0 Å². The van der Waals surface area contributed by atoms with Crippen molar-refractivity contribution >= 4 is 21.6 Å². The largest absolute Gasteiger partial charge is 0.380 e. The molecule has 0 aromatic heterocycles. The minimum atomic E-state index is -0.561. The SMILES string of the molecule is CCC1CCCCC1Nc1cc(Br)c(F)cc1F. The summed E-state index contributed by atoms with van der Waals surface area (Å²) in [4.78, 5) is 0. The first-order valence-corrected chi connectivity index (χ1v) is 7.32. The van der Waals surface area contributed by atoms with Gasteiger partial charge in [-0.2, -0.15) is 0 Å². The summed E-state index contributed by atoms with van der Waals surface area (Å²) in [5.74, 6) is -0.494. The molecule has 1 aliphatic carbocycles. The Bertz CT molecular complexity index is 423. The predicted octanol–water partition coefficient (Wildman–Crippen LogP) is 5.11. The number of anilines is 1. The molecule has 0 heterocycles. The van der Waals surface area contributed by atoms with Gasteiger partial charge >= 0.3 is 0 Å². The Balaban J connectivity index is 2.15. The van der Waals surface area contributed by atoms with Crippen molar-refractivity contribution in [3.05, 3.63) is 28.2 Å². The third-order valence-corrected chi connectivity index (χ3v) is 4.39. The highest BCUT2D eigenvalue weighted by Crippen LogP contribution is 2.31. The number of benzene rings is 1. The van der Waals surface area contributed by atoms with E-state index >= 15 is 0 Å². The van der Waals surface area contributed by atoms with Gasteiger partial charge in [0.1, 0.15) is 11.6 Å².